The maximum absolute atomic E-state index is 12.9. The van der Waals surface area contributed by atoms with E-state index >= 15 is 0 Å². The monoisotopic (exact) mass is 189 g/mol. The Morgan fingerprint density at radius 1 is 1.29 bits per heavy atom. The summed E-state index contributed by atoms with van der Waals surface area (Å²) in [6.07, 6.45) is 0.572. The van der Waals surface area contributed by atoms with Crippen molar-refractivity contribution in [1.82, 2.24) is 4.57 Å². The summed E-state index contributed by atoms with van der Waals surface area (Å²) in [5.74, 6) is -0.101. The lowest BCUT2D eigenvalue weighted by Gasteiger charge is -1.97. The van der Waals surface area contributed by atoms with Crippen LogP contribution in [0.5, 0.6) is 0 Å². The molecule has 0 radical (unpaired) electrons. The van der Waals surface area contributed by atoms with E-state index in [-0.39, 0.29) is 11.6 Å². The lowest BCUT2D eigenvalue weighted by molar-refractivity contribution is 0.0994. The molecule has 0 aliphatic carbocycles. The highest BCUT2D eigenvalue weighted by Crippen LogP contribution is 2.26. The Bertz CT molecular complexity index is 541. The van der Waals surface area contributed by atoms with Crippen molar-refractivity contribution >= 4 is 16.7 Å². The first kappa shape index (κ1) is 7.74. The zero-order valence-electron chi connectivity index (χ0n) is 7.46. The highest BCUT2D eigenvalue weighted by molar-refractivity contribution is 6.02. The molecule has 70 valence electrons. The van der Waals surface area contributed by atoms with Gasteiger partial charge in [0.05, 0.1) is 5.69 Å². The summed E-state index contributed by atoms with van der Waals surface area (Å²) in [6, 6.07) is 6.40. The van der Waals surface area contributed by atoms with Gasteiger partial charge in [-0.1, -0.05) is 0 Å². The second-order valence-corrected chi connectivity index (χ2v) is 3.56. The zero-order chi connectivity index (χ0) is 9.71. The highest BCUT2D eigenvalue weighted by atomic mass is 19.1. The highest BCUT2D eigenvalue weighted by Gasteiger charge is 2.21. The Morgan fingerprint density at radius 3 is 3.00 bits per heavy atom. The van der Waals surface area contributed by atoms with Crippen molar-refractivity contribution in [2.45, 2.75) is 13.0 Å². The molecule has 0 unspecified atom stereocenters. The van der Waals surface area contributed by atoms with Crippen molar-refractivity contribution in [2.75, 3.05) is 0 Å². The summed E-state index contributed by atoms with van der Waals surface area (Å²) >= 11 is 0. The molecule has 0 spiro atoms. The fraction of sp³-hybridized carbons (Fsp3) is 0.182. The first-order valence-electron chi connectivity index (χ1n) is 4.58. The van der Waals surface area contributed by atoms with Crippen LogP contribution in [0.15, 0.2) is 24.3 Å². The predicted molar refractivity (Wildman–Crippen MR) is 50.8 cm³/mol. The minimum atomic E-state index is -0.255. The minimum absolute atomic E-state index is 0.154. The first-order valence-corrected chi connectivity index (χ1v) is 4.58. The average molecular weight is 189 g/mol. The van der Waals surface area contributed by atoms with E-state index in [2.05, 4.69) is 0 Å². The molecule has 3 rings (SSSR count). The van der Waals surface area contributed by atoms with Crippen molar-refractivity contribution in [3.8, 4) is 0 Å². The molecule has 1 aliphatic heterocycles. The van der Waals surface area contributed by atoms with E-state index in [1.165, 1.54) is 12.1 Å². The molecule has 1 aromatic heterocycles. The molecule has 0 atom stereocenters. The Balaban J connectivity index is 2.40. The summed E-state index contributed by atoms with van der Waals surface area (Å²) in [6.45, 7) is 0.725. The van der Waals surface area contributed by atoms with E-state index in [4.69, 9.17) is 0 Å². The van der Waals surface area contributed by atoms with Gasteiger partial charge in [0.2, 0.25) is 0 Å². The first-order chi connectivity index (χ1) is 6.75. The number of aromatic nitrogens is 1. The van der Waals surface area contributed by atoms with Crippen LogP contribution in [0.3, 0.4) is 0 Å². The van der Waals surface area contributed by atoms with Gasteiger partial charge in [-0.25, -0.2) is 4.39 Å². The number of Topliss-reactive ketones (excluding diaryl/α,β-unsaturated/α-hetero) is 1. The van der Waals surface area contributed by atoms with Crippen LogP contribution in [-0.2, 0) is 6.54 Å². The van der Waals surface area contributed by atoms with Gasteiger partial charge in [0.15, 0.2) is 5.78 Å². The van der Waals surface area contributed by atoms with Gasteiger partial charge in [-0.2, -0.15) is 0 Å². The van der Waals surface area contributed by atoms with Crippen molar-refractivity contribution in [3.05, 3.63) is 35.8 Å². The summed E-state index contributed by atoms with van der Waals surface area (Å²) in [7, 11) is 0. The number of carbonyl (C=O) groups excluding carboxylic acids is 1. The summed E-state index contributed by atoms with van der Waals surface area (Å²) < 4.78 is 14.9. The van der Waals surface area contributed by atoms with Gasteiger partial charge in [0.25, 0.3) is 0 Å². The van der Waals surface area contributed by atoms with Gasteiger partial charge in [0, 0.05) is 23.9 Å². The van der Waals surface area contributed by atoms with Gasteiger partial charge in [-0.3, -0.25) is 4.79 Å². The molecule has 0 fully saturated rings. The van der Waals surface area contributed by atoms with Gasteiger partial charge in [-0.15, -0.1) is 0 Å². The third-order valence-corrected chi connectivity index (χ3v) is 2.71. The number of fused-ring (bicyclic) bond motifs is 3. The molecule has 0 N–H and O–H groups in total. The van der Waals surface area contributed by atoms with Crippen LogP contribution in [0.25, 0.3) is 10.9 Å². The Hall–Kier alpha value is -1.64. The number of nitrogens with zero attached hydrogens (tertiary/aromatic N) is 1. The molecular formula is C11H8FNO. The van der Waals surface area contributed by atoms with Crippen LogP contribution in [-0.4, -0.2) is 10.4 Å². The number of carbonyl (C=O) groups is 1. The second kappa shape index (κ2) is 2.44. The molecule has 14 heavy (non-hydrogen) atoms. The molecule has 0 bridgehead atoms. The van der Waals surface area contributed by atoms with E-state index in [9.17, 15) is 9.18 Å². The smallest absolute Gasteiger partial charge is 0.181 e. The third-order valence-electron chi connectivity index (χ3n) is 2.71. The van der Waals surface area contributed by atoms with Gasteiger partial charge < -0.3 is 4.57 Å². The maximum Gasteiger partial charge on any atom is 0.181 e. The Kier molecular flexibility index (Phi) is 1.35. The second-order valence-electron chi connectivity index (χ2n) is 3.56. The Labute approximate surface area is 79.9 Å². The minimum Gasteiger partial charge on any atom is -0.338 e. The predicted octanol–water partition coefficient (Wildman–Crippen LogP) is 2.37. The van der Waals surface area contributed by atoms with Crippen LogP contribution >= 0.6 is 0 Å². The number of rotatable bonds is 0. The van der Waals surface area contributed by atoms with Crippen LogP contribution in [0.2, 0.25) is 0 Å². The lowest BCUT2D eigenvalue weighted by Crippen LogP contribution is -1.91. The van der Waals surface area contributed by atoms with Crippen molar-refractivity contribution in [3.63, 3.8) is 0 Å². The van der Waals surface area contributed by atoms with Crippen molar-refractivity contribution in [1.29, 1.82) is 0 Å². The molecule has 0 saturated carbocycles. The number of hydrogen-bond acceptors (Lipinski definition) is 1. The largest absolute Gasteiger partial charge is 0.338 e. The molecule has 0 saturated heterocycles. The normalized spacial score (nSPS) is 15.1. The fourth-order valence-electron chi connectivity index (χ4n) is 2.06. The van der Waals surface area contributed by atoms with Crippen LogP contribution in [0.4, 0.5) is 4.39 Å². The number of benzene rings is 1. The molecule has 0 amide bonds. The summed E-state index contributed by atoms with van der Waals surface area (Å²) in [5.41, 5.74) is 1.66. The van der Waals surface area contributed by atoms with Crippen molar-refractivity contribution in [2.24, 2.45) is 0 Å². The van der Waals surface area contributed by atoms with Gasteiger partial charge >= 0.3 is 0 Å². The Morgan fingerprint density at radius 2 is 2.14 bits per heavy atom. The molecule has 2 aromatic rings. The molecule has 2 heterocycles. The fourth-order valence-corrected chi connectivity index (χ4v) is 2.06. The molecule has 1 aromatic carbocycles. The SMILES string of the molecule is O=C1CCn2c1cc1cc(F)ccc12. The molecule has 1 aliphatic rings. The van der Waals surface area contributed by atoms with Gasteiger partial charge in [0.1, 0.15) is 5.82 Å². The third kappa shape index (κ3) is 0.867. The average Bonchev–Trinajstić information content (AvgIpc) is 2.66. The quantitative estimate of drug-likeness (QED) is 0.623. The number of hydrogen-bond donors (Lipinski definition) is 0. The molecule has 2 nitrogen and oxygen atoms in total. The molecule has 3 heteroatoms. The van der Waals surface area contributed by atoms with E-state index in [1.807, 2.05) is 4.57 Å². The van der Waals surface area contributed by atoms with E-state index < -0.39 is 0 Å². The van der Waals surface area contributed by atoms with Crippen LogP contribution in [0.1, 0.15) is 16.9 Å². The van der Waals surface area contributed by atoms with Crippen molar-refractivity contribution < 1.29 is 9.18 Å². The number of aryl methyl sites for hydroxylation is 1. The van der Waals surface area contributed by atoms with Crippen LogP contribution in [0, 0.1) is 5.82 Å². The zero-order valence-corrected chi connectivity index (χ0v) is 7.46. The number of halogens is 1. The lowest BCUT2D eigenvalue weighted by atomic mass is 10.2. The molecular weight excluding hydrogens is 181 g/mol. The van der Waals surface area contributed by atoms with E-state index in [1.54, 1.807) is 12.1 Å². The topological polar surface area (TPSA) is 22.0 Å². The van der Waals surface area contributed by atoms with E-state index in [0.29, 0.717) is 12.1 Å². The summed E-state index contributed by atoms with van der Waals surface area (Å²) in [4.78, 5) is 11.4. The number of ketones is 1. The summed E-state index contributed by atoms with van der Waals surface area (Å²) in [5, 5.41) is 0.813. The van der Waals surface area contributed by atoms with E-state index in [0.717, 1.165) is 17.4 Å². The standard InChI is InChI=1S/C11H8FNO/c12-8-1-2-9-7(5-8)6-10-11(14)3-4-13(9)10/h1-2,5-6H,3-4H2. The van der Waals surface area contributed by atoms with Gasteiger partial charge in [-0.05, 0) is 24.3 Å². The maximum atomic E-state index is 12.9. The van der Waals surface area contributed by atoms with Crippen LogP contribution < -0.4 is 0 Å².